The van der Waals surface area contributed by atoms with Gasteiger partial charge in [-0.3, -0.25) is 4.79 Å². The molecular formula is C18H24N4O3. The van der Waals surface area contributed by atoms with Crippen LogP contribution in [-0.2, 0) is 4.79 Å². The summed E-state index contributed by atoms with van der Waals surface area (Å²) in [5.41, 5.74) is 0.773. The molecule has 1 atom stereocenters. The fourth-order valence-electron chi connectivity index (χ4n) is 3.11. The third-order valence-corrected chi connectivity index (χ3v) is 4.36. The van der Waals surface area contributed by atoms with E-state index in [1.54, 1.807) is 25.4 Å². The van der Waals surface area contributed by atoms with Crippen molar-refractivity contribution in [3.05, 3.63) is 24.2 Å². The van der Waals surface area contributed by atoms with Crippen LogP contribution in [0.3, 0.4) is 0 Å². The zero-order chi connectivity index (χ0) is 17.8. The van der Waals surface area contributed by atoms with Gasteiger partial charge in [-0.25, -0.2) is 4.98 Å². The Labute approximate surface area is 147 Å². The van der Waals surface area contributed by atoms with Gasteiger partial charge >= 0.3 is 0 Å². The van der Waals surface area contributed by atoms with E-state index in [2.05, 4.69) is 29.0 Å². The van der Waals surface area contributed by atoms with Gasteiger partial charge in [-0.15, -0.1) is 0 Å². The lowest BCUT2D eigenvalue weighted by Crippen LogP contribution is -2.39. The van der Waals surface area contributed by atoms with E-state index in [-0.39, 0.29) is 11.9 Å². The van der Waals surface area contributed by atoms with Crippen molar-refractivity contribution in [3.63, 3.8) is 0 Å². The molecule has 1 amide bonds. The van der Waals surface area contributed by atoms with Crippen molar-refractivity contribution < 1.29 is 14.1 Å². The third-order valence-electron chi connectivity index (χ3n) is 4.36. The van der Waals surface area contributed by atoms with Crippen LogP contribution in [0.5, 0.6) is 5.88 Å². The number of amides is 1. The Morgan fingerprint density at radius 3 is 2.92 bits per heavy atom. The molecule has 0 aromatic carbocycles. The summed E-state index contributed by atoms with van der Waals surface area (Å²) in [5.74, 6) is 2.05. The molecule has 1 aliphatic rings. The first kappa shape index (κ1) is 17.4. The van der Waals surface area contributed by atoms with Gasteiger partial charge in [-0.1, -0.05) is 19.0 Å². The number of ether oxygens (including phenoxy) is 1. The summed E-state index contributed by atoms with van der Waals surface area (Å²) in [6.45, 7) is 5.01. The number of methoxy groups -OCH3 is 1. The topological polar surface area (TPSA) is 81.4 Å². The maximum atomic E-state index is 12.4. The van der Waals surface area contributed by atoms with E-state index >= 15 is 0 Å². The molecule has 0 bridgehead atoms. The molecule has 3 rings (SSSR count). The largest absolute Gasteiger partial charge is 0.481 e. The average Bonchev–Trinajstić information content (AvgIpc) is 3.10. The minimum absolute atomic E-state index is 0.169. The summed E-state index contributed by atoms with van der Waals surface area (Å²) in [7, 11) is 1.56. The number of likely N-dealkylation sites (tertiary alicyclic amines) is 1. The van der Waals surface area contributed by atoms with E-state index in [1.165, 1.54) is 0 Å². The highest BCUT2D eigenvalue weighted by molar-refractivity contribution is 5.77. The first-order valence-corrected chi connectivity index (χ1v) is 8.72. The smallest absolute Gasteiger partial charge is 0.249 e. The number of hydrogen-bond donors (Lipinski definition) is 0. The van der Waals surface area contributed by atoms with Crippen LogP contribution in [0.1, 0.15) is 51.5 Å². The molecule has 0 radical (unpaired) electrons. The quantitative estimate of drug-likeness (QED) is 0.800. The van der Waals surface area contributed by atoms with Crippen LogP contribution in [-0.4, -0.2) is 39.6 Å². The third kappa shape index (κ3) is 3.97. The van der Waals surface area contributed by atoms with Gasteiger partial charge < -0.3 is 14.2 Å². The number of rotatable bonds is 6. The lowest BCUT2D eigenvalue weighted by atomic mass is 9.99. The number of piperidine rings is 1. The van der Waals surface area contributed by atoms with E-state index in [9.17, 15) is 4.79 Å². The predicted octanol–water partition coefficient (Wildman–Crippen LogP) is 3.24. The van der Waals surface area contributed by atoms with Crippen molar-refractivity contribution in [2.45, 2.75) is 45.6 Å². The molecule has 2 aromatic rings. The van der Waals surface area contributed by atoms with Crippen LogP contribution >= 0.6 is 0 Å². The second-order valence-corrected chi connectivity index (χ2v) is 6.73. The molecule has 1 aliphatic heterocycles. The van der Waals surface area contributed by atoms with Gasteiger partial charge in [-0.05, 0) is 31.2 Å². The van der Waals surface area contributed by atoms with E-state index in [0.29, 0.717) is 29.9 Å². The number of pyridine rings is 1. The number of nitrogens with zero attached hydrogens (tertiary/aromatic N) is 4. The van der Waals surface area contributed by atoms with Gasteiger partial charge in [0.2, 0.25) is 23.5 Å². The molecule has 134 valence electrons. The molecule has 7 heteroatoms. The van der Waals surface area contributed by atoms with Crippen molar-refractivity contribution in [1.29, 1.82) is 0 Å². The van der Waals surface area contributed by atoms with Gasteiger partial charge in [0, 0.05) is 30.8 Å². The number of carbonyl (C=O) groups excluding carboxylic acids is 1. The standard InChI is InChI=1S/C18H24N4O3/c1-12(2)10-14(22-9-5-4-6-16(22)23)18-20-17(21-25-18)13-7-8-19-15(11-13)24-3/h7-8,11-12,14H,4-6,9-10H2,1-3H3. The first-order valence-electron chi connectivity index (χ1n) is 8.72. The second-order valence-electron chi connectivity index (χ2n) is 6.73. The van der Waals surface area contributed by atoms with Crippen LogP contribution < -0.4 is 4.74 Å². The Morgan fingerprint density at radius 2 is 2.20 bits per heavy atom. The van der Waals surface area contributed by atoms with E-state index in [0.717, 1.165) is 31.4 Å². The maximum absolute atomic E-state index is 12.4. The van der Waals surface area contributed by atoms with E-state index < -0.39 is 0 Å². The summed E-state index contributed by atoms with van der Waals surface area (Å²) in [4.78, 5) is 22.9. The van der Waals surface area contributed by atoms with E-state index in [4.69, 9.17) is 9.26 Å². The Bertz CT molecular complexity index is 729. The zero-order valence-electron chi connectivity index (χ0n) is 14.9. The molecule has 3 heterocycles. The molecule has 0 aliphatic carbocycles. The van der Waals surface area contributed by atoms with Crippen LogP contribution in [0, 0.1) is 5.92 Å². The van der Waals surface area contributed by atoms with Gasteiger partial charge in [0.25, 0.3) is 0 Å². The maximum Gasteiger partial charge on any atom is 0.249 e. The fraction of sp³-hybridized carbons (Fsp3) is 0.556. The van der Waals surface area contributed by atoms with Gasteiger partial charge in [0.15, 0.2) is 0 Å². The van der Waals surface area contributed by atoms with Crippen LogP contribution in [0.15, 0.2) is 22.9 Å². The van der Waals surface area contributed by atoms with Crippen molar-refractivity contribution in [2.75, 3.05) is 13.7 Å². The van der Waals surface area contributed by atoms with Crippen molar-refractivity contribution in [1.82, 2.24) is 20.0 Å². The highest BCUT2D eigenvalue weighted by Crippen LogP contribution is 2.31. The molecule has 1 fully saturated rings. The first-order chi connectivity index (χ1) is 12.1. The molecule has 1 unspecified atom stereocenters. The van der Waals surface area contributed by atoms with Gasteiger partial charge in [0.1, 0.15) is 6.04 Å². The fourth-order valence-corrected chi connectivity index (χ4v) is 3.11. The highest BCUT2D eigenvalue weighted by atomic mass is 16.5. The summed E-state index contributed by atoms with van der Waals surface area (Å²) in [6.07, 6.45) is 5.01. The highest BCUT2D eigenvalue weighted by Gasteiger charge is 2.32. The second kappa shape index (κ2) is 7.63. The average molecular weight is 344 g/mol. The molecule has 1 saturated heterocycles. The minimum Gasteiger partial charge on any atom is -0.481 e. The molecule has 0 saturated carbocycles. The number of hydrogen-bond acceptors (Lipinski definition) is 6. The molecule has 0 N–H and O–H groups in total. The normalized spacial score (nSPS) is 16.3. The zero-order valence-corrected chi connectivity index (χ0v) is 14.9. The Balaban J connectivity index is 1.89. The van der Waals surface area contributed by atoms with Crippen LogP contribution in [0.4, 0.5) is 0 Å². The lowest BCUT2D eigenvalue weighted by molar-refractivity contribution is -0.137. The number of aromatic nitrogens is 3. The molecule has 2 aromatic heterocycles. The minimum atomic E-state index is -0.169. The summed E-state index contributed by atoms with van der Waals surface area (Å²) in [6, 6.07) is 3.40. The lowest BCUT2D eigenvalue weighted by Gasteiger charge is -2.33. The summed E-state index contributed by atoms with van der Waals surface area (Å²) < 4.78 is 10.7. The predicted molar refractivity (Wildman–Crippen MR) is 91.8 cm³/mol. The molecule has 25 heavy (non-hydrogen) atoms. The summed E-state index contributed by atoms with van der Waals surface area (Å²) >= 11 is 0. The van der Waals surface area contributed by atoms with Crippen molar-refractivity contribution in [3.8, 4) is 17.3 Å². The van der Waals surface area contributed by atoms with Crippen molar-refractivity contribution >= 4 is 5.91 Å². The number of carbonyl (C=O) groups is 1. The molecular weight excluding hydrogens is 320 g/mol. The van der Waals surface area contributed by atoms with Crippen LogP contribution in [0.25, 0.3) is 11.4 Å². The van der Waals surface area contributed by atoms with Crippen LogP contribution in [0.2, 0.25) is 0 Å². The Hall–Kier alpha value is -2.44. The van der Waals surface area contributed by atoms with Crippen molar-refractivity contribution in [2.24, 2.45) is 5.92 Å². The Morgan fingerprint density at radius 1 is 1.36 bits per heavy atom. The van der Waals surface area contributed by atoms with Gasteiger partial charge in [-0.2, -0.15) is 4.98 Å². The Kier molecular flexibility index (Phi) is 5.31. The SMILES string of the molecule is COc1cc(-c2noc(C(CC(C)C)N3CCCCC3=O)n2)ccn1. The van der Waals surface area contributed by atoms with Gasteiger partial charge in [0.05, 0.1) is 7.11 Å². The molecule has 7 nitrogen and oxygen atoms in total. The molecule has 0 spiro atoms. The summed E-state index contributed by atoms with van der Waals surface area (Å²) in [5, 5.41) is 4.10. The van der Waals surface area contributed by atoms with E-state index in [1.807, 2.05) is 4.90 Å². The monoisotopic (exact) mass is 344 g/mol.